The number of ether oxygens (including phenoxy) is 7. The molecule has 0 bridgehead atoms. The minimum absolute atomic E-state index is 0.0228. The largest absolute Gasteiger partial charge is 0.463 e. The first-order valence-electron chi connectivity index (χ1n) is 27.5. The maximum atomic E-state index is 13.1. The van der Waals surface area contributed by atoms with E-state index in [1.165, 1.54) is 5.69 Å². The molecule has 4 unspecified atom stereocenters. The van der Waals surface area contributed by atoms with Gasteiger partial charge in [0.1, 0.15) is 25.4 Å². The van der Waals surface area contributed by atoms with Gasteiger partial charge in [0.15, 0.2) is 25.0 Å². The number of fused-ring (bicyclic) bond motifs is 2. The second kappa shape index (κ2) is 29.3. The second-order valence-electron chi connectivity index (χ2n) is 26.5. The lowest BCUT2D eigenvalue weighted by atomic mass is 10.0. The third-order valence-corrected chi connectivity index (χ3v) is 34.5. The fraction of sp³-hybridized carbons (Fsp3) is 0.943. The van der Waals surface area contributed by atoms with Crippen molar-refractivity contribution < 1.29 is 60.7 Å². The van der Waals surface area contributed by atoms with E-state index in [1.54, 1.807) is 0 Å². The summed E-state index contributed by atoms with van der Waals surface area (Å²) in [6, 6.07) is 0. The van der Waals surface area contributed by atoms with Crippen molar-refractivity contribution in [2.45, 2.75) is 206 Å². The Morgan fingerprint density at radius 1 is 0.534 bits per heavy atom. The molecule has 2 aliphatic carbocycles. The van der Waals surface area contributed by atoms with E-state index in [9.17, 15) is 4.79 Å². The van der Waals surface area contributed by atoms with E-state index in [0.717, 1.165) is 31.4 Å². The molecule has 428 valence electrons. The van der Waals surface area contributed by atoms with Gasteiger partial charge >= 0.3 is 5.97 Å². The van der Waals surface area contributed by atoms with Crippen molar-refractivity contribution >= 4 is 39.2 Å². The van der Waals surface area contributed by atoms with Crippen LogP contribution in [0, 0.1) is 17.8 Å². The average Bonchev–Trinajstić information content (AvgIpc) is 3.73. The number of hydrogen-bond donors (Lipinski definition) is 0. The first-order valence-corrected chi connectivity index (χ1v) is 39.2. The third kappa shape index (κ3) is 22.7. The van der Waals surface area contributed by atoms with Crippen LogP contribution in [0.15, 0.2) is 0 Å². The lowest BCUT2D eigenvalue weighted by molar-refractivity contribution is -0.245. The van der Waals surface area contributed by atoms with Gasteiger partial charge in [-0.25, -0.2) is 9.57 Å². The number of esters is 1. The molecule has 0 saturated heterocycles. The van der Waals surface area contributed by atoms with Gasteiger partial charge in [-0.1, -0.05) is 88.3 Å². The molecule has 4 atom stereocenters. The Hall–Kier alpha value is -0.962. The zero-order valence-corrected chi connectivity index (χ0v) is 53.9. The highest BCUT2D eigenvalue weighted by molar-refractivity contribution is 6.75. The zero-order chi connectivity index (χ0) is 54.9. The van der Waals surface area contributed by atoms with Gasteiger partial charge in [0.25, 0.3) is 0 Å². The molecule has 1 aromatic rings. The Kier molecular flexibility index (Phi) is 26.6. The molecule has 16 nitrogen and oxygen atoms in total. The standard InChI is InChI=1S/C53H107N3O13Si4/c1-50(2,3)70(13,14)66-34-28-59-38-42(39-60-29-35-67-71(15,16)51(4,5)6)63-32-33-64-49(57)37-46-44-21-23-47-48(24-22-45(44)46)56(55-54-47)25-26-58-27-31-62-43(41-65-69-73(19,20)53(10,11)12)40-61-30-36-68-72(17,18)52(7,8)9/h42-46H,21-41H2,1-20H3. The minimum Gasteiger partial charge on any atom is -0.463 e. The lowest BCUT2D eigenvalue weighted by Crippen LogP contribution is -2.42. The molecule has 20 heteroatoms. The summed E-state index contributed by atoms with van der Waals surface area (Å²) in [6.45, 7) is 51.2. The number of nitrogens with zero attached hydrogens (tertiary/aromatic N) is 3. The molecule has 1 fully saturated rings. The van der Waals surface area contributed by atoms with Crippen molar-refractivity contribution in [2.24, 2.45) is 17.8 Å². The predicted octanol–water partition coefficient (Wildman–Crippen LogP) is 10.8. The van der Waals surface area contributed by atoms with E-state index in [4.69, 9.17) is 55.9 Å². The van der Waals surface area contributed by atoms with Gasteiger partial charge in [-0.2, -0.15) is 0 Å². The van der Waals surface area contributed by atoms with Crippen LogP contribution >= 0.6 is 0 Å². The van der Waals surface area contributed by atoms with Crippen molar-refractivity contribution in [1.29, 1.82) is 0 Å². The van der Waals surface area contributed by atoms with Gasteiger partial charge in [0.2, 0.25) is 8.32 Å². The van der Waals surface area contributed by atoms with E-state index in [-0.39, 0.29) is 58.2 Å². The van der Waals surface area contributed by atoms with Crippen LogP contribution in [0.3, 0.4) is 0 Å². The molecular formula is C53H107N3O13Si4. The first-order chi connectivity index (χ1) is 33.7. The highest BCUT2D eigenvalue weighted by Gasteiger charge is 2.51. The molecule has 1 saturated carbocycles. The number of carbonyl (C=O) groups excluding carboxylic acids is 1. The van der Waals surface area contributed by atoms with Crippen LogP contribution in [-0.4, -0.2) is 166 Å². The molecule has 0 N–H and O–H groups in total. The molecule has 2 aliphatic rings. The summed E-state index contributed by atoms with van der Waals surface area (Å²) < 4.78 is 69.1. The van der Waals surface area contributed by atoms with Gasteiger partial charge < -0.3 is 46.4 Å². The highest BCUT2D eigenvalue weighted by Crippen LogP contribution is 2.54. The van der Waals surface area contributed by atoms with Crippen LogP contribution in [0.25, 0.3) is 0 Å². The van der Waals surface area contributed by atoms with Crippen LogP contribution < -0.4 is 0 Å². The van der Waals surface area contributed by atoms with Crippen LogP contribution in [0.1, 0.15) is 114 Å². The Morgan fingerprint density at radius 2 is 0.959 bits per heavy atom. The van der Waals surface area contributed by atoms with Crippen LogP contribution in [0.2, 0.25) is 72.5 Å². The molecule has 1 heterocycles. The van der Waals surface area contributed by atoms with E-state index in [1.807, 2.05) is 4.68 Å². The van der Waals surface area contributed by atoms with Gasteiger partial charge in [-0.15, -0.1) is 5.10 Å². The molecule has 0 spiro atoms. The number of aromatic nitrogens is 3. The fourth-order valence-corrected chi connectivity index (χ4v) is 11.2. The molecule has 0 amide bonds. The van der Waals surface area contributed by atoms with E-state index in [0.29, 0.717) is 110 Å². The third-order valence-electron chi connectivity index (χ3n) is 16.7. The first kappa shape index (κ1) is 66.3. The normalized spacial score (nSPS) is 18.9. The Morgan fingerprint density at radius 3 is 1.42 bits per heavy atom. The molecule has 3 rings (SSSR count). The van der Waals surface area contributed by atoms with Crippen LogP contribution in [0.4, 0.5) is 0 Å². The molecule has 73 heavy (non-hydrogen) atoms. The van der Waals surface area contributed by atoms with Gasteiger partial charge in [0.05, 0.1) is 104 Å². The maximum Gasteiger partial charge on any atom is 0.306 e. The van der Waals surface area contributed by atoms with Gasteiger partial charge in [-0.05, 0) is 116 Å². The van der Waals surface area contributed by atoms with Gasteiger partial charge in [-0.3, -0.25) is 9.37 Å². The lowest BCUT2D eigenvalue weighted by Gasteiger charge is -2.36. The van der Waals surface area contributed by atoms with E-state index >= 15 is 0 Å². The number of carbonyl (C=O) groups is 1. The SMILES string of the molecule is CC(C)(C)[Si](C)(C)OCCOCC(COCCO[Si](C)(C)C(C)(C)C)OCCOC(=O)CC1C2CCc3nnn(CCOCCOC(COCCO[Si](C)(C)C(C)(C)C)COO[Si](C)(C)C(C)(C)C)c3CCC21. The van der Waals surface area contributed by atoms with Crippen molar-refractivity contribution in [1.82, 2.24) is 15.0 Å². The van der Waals surface area contributed by atoms with E-state index < -0.39 is 33.3 Å². The van der Waals surface area contributed by atoms with Crippen molar-refractivity contribution in [3.05, 3.63) is 11.4 Å². The van der Waals surface area contributed by atoms with Crippen molar-refractivity contribution in [3.8, 4) is 0 Å². The Labute approximate surface area is 447 Å². The summed E-state index contributed by atoms with van der Waals surface area (Å²) >= 11 is 0. The zero-order valence-electron chi connectivity index (χ0n) is 49.9. The van der Waals surface area contributed by atoms with Crippen molar-refractivity contribution in [2.75, 3.05) is 99.1 Å². The minimum atomic E-state index is -2.09. The van der Waals surface area contributed by atoms with Gasteiger partial charge in [0, 0.05) is 6.42 Å². The molecular weight excluding hydrogens is 999 g/mol. The average molecular weight is 1110 g/mol. The fourth-order valence-electron chi connectivity index (χ4n) is 7.49. The quantitative estimate of drug-likeness (QED) is 0.0208. The molecule has 0 radical (unpaired) electrons. The van der Waals surface area contributed by atoms with E-state index in [2.05, 4.69) is 146 Å². The topological polar surface area (TPSA) is 159 Å². The highest BCUT2D eigenvalue weighted by atomic mass is 28.4. The number of aryl methyl sites for hydroxylation is 1. The predicted molar refractivity (Wildman–Crippen MR) is 299 cm³/mol. The summed E-state index contributed by atoms with van der Waals surface area (Å²) in [5.41, 5.74) is 2.23. The molecule has 0 aliphatic heterocycles. The van der Waals surface area contributed by atoms with Crippen molar-refractivity contribution in [3.63, 3.8) is 0 Å². The summed E-state index contributed by atoms with van der Waals surface area (Å²) in [5, 5.41) is 9.53. The summed E-state index contributed by atoms with van der Waals surface area (Å²) in [6.07, 6.45) is 3.52. The maximum absolute atomic E-state index is 13.1. The number of rotatable bonds is 35. The Bertz CT molecular complexity index is 1700. The summed E-state index contributed by atoms with van der Waals surface area (Å²) in [4.78, 5) is 18.9. The number of hydrogen-bond acceptors (Lipinski definition) is 15. The summed E-state index contributed by atoms with van der Waals surface area (Å²) in [7, 11) is -7.67. The van der Waals surface area contributed by atoms with Crippen LogP contribution in [0.5, 0.6) is 0 Å². The molecule has 0 aromatic carbocycles. The summed E-state index contributed by atoms with van der Waals surface area (Å²) in [5.74, 6) is 1.15. The Balaban J connectivity index is 1.39. The monoisotopic (exact) mass is 1110 g/mol. The second-order valence-corrected chi connectivity index (χ2v) is 45.6. The smallest absolute Gasteiger partial charge is 0.306 e. The molecule has 1 aromatic heterocycles. The van der Waals surface area contributed by atoms with Crippen LogP contribution in [-0.2, 0) is 80.1 Å².